The molecule has 0 aromatic heterocycles. The highest BCUT2D eigenvalue weighted by atomic mass is 35.5. The quantitative estimate of drug-likeness (QED) is 0.269. The van der Waals surface area contributed by atoms with Crippen LogP contribution in [0.2, 0.25) is 0 Å². The lowest BCUT2D eigenvalue weighted by atomic mass is 9.92. The number of rotatable bonds is 5. The van der Waals surface area contributed by atoms with Gasteiger partial charge in [0.1, 0.15) is 35.9 Å². The van der Waals surface area contributed by atoms with Gasteiger partial charge in [-0.25, -0.2) is 0 Å². The van der Waals surface area contributed by atoms with E-state index in [0.29, 0.717) is 13.2 Å². The molecule has 3 heterocycles. The number of hydrogen-bond donors (Lipinski definition) is 5. The highest BCUT2D eigenvalue weighted by Crippen LogP contribution is 2.31. The summed E-state index contributed by atoms with van der Waals surface area (Å²) < 4.78 is 21.8. The molecule has 12 heteroatoms. The summed E-state index contributed by atoms with van der Waals surface area (Å²) in [7, 11) is 0. The van der Waals surface area contributed by atoms with Crippen molar-refractivity contribution in [3.63, 3.8) is 0 Å². The first-order chi connectivity index (χ1) is 14.8. The van der Waals surface area contributed by atoms with Crippen LogP contribution in [0, 0.1) is 5.92 Å². The zero-order chi connectivity index (χ0) is 23.1. The van der Waals surface area contributed by atoms with Gasteiger partial charge in [0.05, 0.1) is 24.1 Å². The Hall–Kier alpha value is -0.110. The molecule has 3 aliphatic heterocycles. The minimum Gasteiger partial charge on any atom is -0.388 e. The number of ether oxygens (including phenoxy) is 2. The summed E-state index contributed by atoms with van der Waals surface area (Å²) in [6, 6.07) is -1.29. The lowest BCUT2D eigenvalue weighted by Crippen LogP contribution is -2.65. The van der Waals surface area contributed by atoms with Crippen LogP contribution in [0.4, 0.5) is 3.89 Å². The minimum atomic E-state index is -1.39. The van der Waals surface area contributed by atoms with Gasteiger partial charge in [0.2, 0.25) is 5.91 Å². The van der Waals surface area contributed by atoms with Crippen LogP contribution >= 0.6 is 35.5 Å². The Balaban J connectivity index is 0.00000107. The zero-order valence-electron chi connectivity index (χ0n) is 17.7. The van der Waals surface area contributed by atoms with Gasteiger partial charge >= 0.3 is 0 Å². The Morgan fingerprint density at radius 2 is 1.94 bits per heavy atom. The third-order valence-electron chi connectivity index (χ3n) is 5.66. The molecule has 5 N–H and O–H groups in total. The van der Waals surface area contributed by atoms with Gasteiger partial charge in [-0.2, -0.15) is 3.89 Å². The van der Waals surface area contributed by atoms with Gasteiger partial charge in [-0.15, -0.1) is 23.4 Å². The Bertz CT molecular complexity index is 606. The van der Waals surface area contributed by atoms with Gasteiger partial charge in [0.25, 0.3) is 0 Å². The Labute approximate surface area is 195 Å². The molecule has 0 bridgehead atoms. The molecule has 2 saturated heterocycles. The van der Waals surface area contributed by atoms with Crippen molar-refractivity contribution in [1.82, 2.24) is 10.6 Å². The fourth-order valence-corrected chi connectivity index (χ4v) is 4.94. The number of aliphatic hydroxyl groups is 3. The van der Waals surface area contributed by atoms with E-state index in [9.17, 15) is 24.0 Å². The average Bonchev–Trinajstić information content (AvgIpc) is 3.00. The number of carbonyl (C=O) groups is 1. The third-order valence-corrected chi connectivity index (χ3v) is 6.79. The molecule has 8 nitrogen and oxygen atoms in total. The van der Waals surface area contributed by atoms with Crippen molar-refractivity contribution >= 4 is 41.4 Å². The molecule has 0 spiro atoms. The predicted molar refractivity (Wildman–Crippen MR) is 121 cm³/mol. The SMILES string of the molecule is CSC1O[C@H]([C@H](NC(=O)[C@H]2NC[C@H]3CC=CCO[C@H]32)[C@H](C)Cl)C(O)[C@@H](O)[C@H]1O.CSF. The Morgan fingerprint density at radius 3 is 2.55 bits per heavy atom. The molecule has 0 aromatic rings. The van der Waals surface area contributed by atoms with Crippen LogP contribution in [-0.4, -0.2) is 100 Å². The van der Waals surface area contributed by atoms with Crippen LogP contribution in [0.1, 0.15) is 13.3 Å². The highest BCUT2D eigenvalue weighted by molar-refractivity contribution is 7.99. The summed E-state index contributed by atoms with van der Waals surface area (Å²) in [6.45, 7) is 2.83. The Morgan fingerprint density at radius 1 is 1.26 bits per heavy atom. The first-order valence-corrected chi connectivity index (χ1v) is 12.9. The van der Waals surface area contributed by atoms with Crippen LogP contribution in [-0.2, 0) is 14.3 Å². The number of thioether (sulfide) groups is 1. The molecule has 3 aliphatic rings. The maximum atomic E-state index is 13.0. The van der Waals surface area contributed by atoms with Crippen LogP contribution in [0.25, 0.3) is 0 Å². The topological polar surface area (TPSA) is 120 Å². The maximum Gasteiger partial charge on any atom is 0.240 e. The minimum absolute atomic E-state index is 0.218. The molecule has 3 rings (SSSR count). The monoisotopic (exact) mass is 502 g/mol. The molecule has 10 atom stereocenters. The first kappa shape index (κ1) is 27.1. The van der Waals surface area contributed by atoms with E-state index in [1.165, 1.54) is 18.0 Å². The van der Waals surface area contributed by atoms with E-state index in [2.05, 4.69) is 16.7 Å². The van der Waals surface area contributed by atoms with Crippen molar-refractivity contribution < 1.29 is 33.5 Å². The van der Waals surface area contributed by atoms with E-state index < -0.39 is 47.3 Å². The van der Waals surface area contributed by atoms with E-state index in [-0.39, 0.29) is 30.1 Å². The Kier molecular flexibility index (Phi) is 11.3. The van der Waals surface area contributed by atoms with Gasteiger partial charge in [-0.05, 0) is 19.6 Å². The number of nitrogens with one attached hydrogen (secondary N) is 2. The molecule has 31 heavy (non-hydrogen) atoms. The zero-order valence-corrected chi connectivity index (χ0v) is 20.1. The number of alkyl halides is 1. The fourth-order valence-electron chi connectivity index (χ4n) is 4.06. The van der Waals surface area contributed by atoms with E-state index in [1.807, 2.05) is 6.08 Å². The summed E-state index contributed by atoms with van der Waals surface area (Å²) in [5.74, 6) is -0.0697. The van der Waals surface area contributed by atoms with Gasteiger partial charge in [0.15, 0.2) is 0 Å². The fraction of sp³-hybridized carbons (Fsp3) is 0.842. The normalized spacial score (nSPS) is 39.5. The number of hydrogen-bond acceptors (Lipinski definition) is 9. The van der Waals surface area contributed by atoms with Crippen molar-refractivity contribution in [2.45, 2.75) is 66.8 Å². The van der Waals surface area contributed by atoms with Crippen LogP contribution < -0.4 is 10.6 Å². The van der Waals surface area contributed by atoms with Crippen molar-refractivity contribution in [3.8, 4) is 0 Å². The second kappa shape index (κ2) is 13.0. The van der Waals surface area contributed by atoms with E-state index in [1.54, 1.807) is 13.2 Å². The van der Waals surface area contributed by atoms with Crippen molar-refractivity contribution in [2.24, 2.45) is 5.92 Å². The van der Waals surface area contributed by atoms with Gasteiger partial charge in [-0.1, -0.05) is 12.2 Å². The van der Waals surface area contributed by atoms with Gasteiger partial charge < -0.3 is 35.4 Å². The molecule has 2 unspecified atom stereocenters. The third kappa shape index (κ3) is 6.70. The van der Waals surface area contributed by atoms with E-state index in [0.717, 1.165) is 6.42 Å². The number of aliphatic hydroxyl groups excluding tert-OH is 3. The van der Waals surface area contributed by atoms with Crippen LogP contribution in [0.5, 0.6) is 0 Å². The average molecular weight is 503 g/mol. The van der Waals surface area contributed by atoms with Gasteiger partial charge in [0, 0.05) is 30.9 Å². The number of allylic oxidation sites excluding steroid dienone is 1. The summed E-state index contributed by atoms with van der Waals surface area (Å²) in [6.07, 6.45) is 2.77. The van der Waals surface area contributed by atoms with E-state index in [4.69, 9.17) is 21.1 Å². The molecule has 1 amide bonds. The largest absolute Gasteiger partial charge is 0.388 e. The molecular weight excluding hydrogens is 471 g/mol. The van der Waals surface area contributed by atoms with Gasteiger partial charge in [-0.3, -0.25) is 4.79 Å². The van der Waals surface area contributed by atoms with E-state index >= 15 is 0 Å². The molecule has 0 aromatic carbocycles. The van der Waals surface area contributed by atoms with Crippen molar-refractivity contribution in [3.05, 3.63) is 12.2 Å². The molecule has 0 radical (unpaired) electrons. The standard InChI is InChI=1S/C18H29ClN2O6S.CH3FS/c1-8(19)10(16-13(23)12(22)14(24)18(27-16)28-2)21-17(25)11-15-9(7-20-11)5-3-4-6-26-15;1-3-2/h3-4,8-16,18,20,22-24H,5-7H2,1-2H3,(H,21,25);1H3/t8-,9+,10+,11-,12+,13?,14+,15+,16+,18?;/m0./s1. The summed E-state index contributed by atoms with van der Waals surface area (Å²) in [5, 5.41) is 36.2. The predicted octanol–water partition coefficient (Wildman–Crippen LogP) is 0.436. The first-order valence-electron chi connectivity index (χ1n) is 10.1. The van der Waals surface area contributed by atoms with Crippen LogP contribution in [0.15, 0.2) is 12.2 Å². The number of halogens is 2. The lowest BCUT2D eigenvalue weighted by Gasteiger charge is -2.44. The smallest absolute Gasteiger partial charge is 0.240 e. The summed E-state index contributed by atoms with van der Waals surface area (Å²) >= 11 is 7.78. The maximum absolute atomic E-state index is 13.0. The molecule has 0 saturated carbocycles. The molecule has 2 fully saturated rings. The summed E-state index contributed by atoms with van der Waals surface area (Å²) in [5.41, 5.74) is -0.733. The molecular formula is C19H32ClFN2O6S2. The number of amides is 1. The number of fused-ring (bicyclic) bond motifs is 1. The number of carbonyl (C=O) groups excluding carboxylic acids is 1. The second-order valence-corrected chi connectivity index (χ2v) is 9.63. The highest BCUT2D eigenvalue weighted by Gasteiger charge is 2.49. The van der Waals surface area contributed by atoms with Crippen molar-refractivity contribution in [1.29, 1.82) is 0 Å². The lowest BCUT2D eigenvalue weighted by molar-refractivity contribution is -0.205. The second-order valence-electron chi connectivity index (χ2n) is 7.69. The van der Waals surface area contributed by atoms with Crippen molar-refractivity contribution in [2.75, 3.05) is 25.7 Å². The molecule has 0 aliphatic carbocycles. The summed E-state index contributed by atoms with van der Waals surface area (Å²) in [4.78, 5) is 13.0. The molecule has 180 valence electrons. The van der Waals surface area contributed by atoms with Crippen LogP contribution in [0.3, 0.4) is 0 Å².